The minimum atomic E-state index is -1.21. The first-order valence-corrected chi connectivity index (χ1v) is 10.8. The first-order valence-electron chi connectivity index (χ1n) is 9.92. The second-order valence-corrected chi connectivity index (χ2v) is 8.20. The number of ether oxygens (including phenoxy) is 1. The van der Waals surface area contributed by atoms with E-state index < -0.39 is 5.60 Å². The van der Waals surface area contributed by atoms with E-state index in [0.29, 0.717) is 19.5 Å². The van der Waals surface area contributed by atoms with Gasteiger partial charge >= 0.3 is 0 Å². The smallest absolute Gasteiger partial charge is 0.291 e. The number of nitrogens with zero attached hydrogens (tertiary/aromatic N) is 3. The minimum absolute atomic E-state index is 0.113. The molecule has 0 spiro atoms. The summed E-state index contributed by atoms with van der Waals surface area (Å²) in [4.78, 5) is 32.6. The van der Waals surface area contributed by atoms with E-state index in [1.165, 1.54) is 11.2 Å². The third-order valence-electron chi connectivity index (χ3n) is 5.16. The Morgan fingerprint density at radius 1 is 1.32 bits per heavy atom. The zero-order valence-corrected chi connectivity index (χ0v) is 17.7. The van der Waals surface area contributed by atoms with Crippen LogP contribution in [-0.4, -0.2) is 63.7 Å². The van der Waals surface area contributed by atoms with Crippen molar-refractivity contribution in [2.45, 2.75) is 12.0 Å². The third-order valence-corrected chi connectivity index (χ3v) is 6.08. The molecule has 1 aromatic carbocycles. The zero-order chi connectivity index (χ0) is 21.7. The van der Waals surface area contributed by atoms with Gasteiger partial charge in [-0.2, -0.15) is 5.10 Å². The van der Waals surface area contributed by atoms with Crippen LogP contribution in [0, 0.1) is 0 Å². The molecule has 160 valence electrons. The Bertz CT molecular complexity index is 1030. The molecule has 3 heterocycles. The predicted octanol–water partition coefficient (Wildman–Crippen LogP) is 2.29. The Labute approximate surface area is 184 Å². The van der Waals surface area contributed by atoms with Gasteiger partial charge in [-0.3, -0.25) is 14.7 Å². The lowest BCUT2D eigenvalue weighted by Crippen LogP contribution is -2.62. The fourth-order valence-corrected chi connectivity index (χ4v) is 4.36. The van der Waals surface area contributed by atoms with Gasteiger partial charge in [0.15, 0.2) is 5.60 Å². The van der Waals surface area contributed by atoms with Crippen molar-refractivity contribution in [2.24, 2.45) is 0 Å². The van der Waals surface area contributed by atoms with Crippen LogP contribution in [0.1, 0.15) is 16.2 Å². The molecule has 0 aliphatic carbocycles. The largest absolute Gasteiger partial charge is 0.361 e. The molecule has 2 N–H and O–H groups in total. The highest BCUT2D eigenvalue weighted by Gasteiger charge is 2.45. The third kappa shape index (κ3) is 4.57. The van der Waals surface area contributed by atoms with Crippen LogP contribution in [0.4, 0.5) is 0 Å². The van der Waals surface area contributed by atoms with Gasteiger partial charge in [0.1, 0.15) is 6.33 Å². The average molecular weight is 438 g/mol. The van der Waals surface area contributed by atoms with Gasteiger partial charge in [0, 0.05) is 24.4 Å². The predicted molar refractivity (Wildman–Crippen MR) is 118 cm³/mol. The van der Waals surface area contributed by atoms with E-state index in [0.717, 1.165) is 11.1 Å². The maximum atomic E-state index is 13.1. The number of H-pyrrole nitrogens is 1. The summed E-state index contributed by atoms with van der Waals surface area (Å²) in [7, 11) is 0. The Morgan fingerprint density at radius 3 is 2.84 bits per heavy atom. The van der Waals surface area contributed by atoms with Gasteiger partial charge in [-0.1, -0.05) is 36.4 Å². The molecule has 1 aliphatic heterocycles. The monoisotopic (exact) mass is 437 g/mol. The normalized spacial score (nSPS) is 18.5. The van der Waals surface area contributed by atoms with Gasteiger partial charge in [0.05, 0.1) is 13.2 Å². The Kier molecular flexibility index (Phi) is 6.24. The van der Waals surface area contributed by atoms with E-state index in [2.05, 4.69) is 33.1 Å². The molecule has 1 saturated heterocycles. The van der Waals surface area contributed by atoms with Crippen LogP contribution >= 0.6 is 11.3 Å². The molecule has 2 aromatic heterocycles. The molecule has 1 aliphatic rings. The molecule has 0 saturated carbocycles. The first kappa shape index (κ1) is 21.0. The van der Waals surface area contributed by atoms with Gasteiger partial charge in [0.25, 0.3) is 11.8 Å². The maximum Gasteiger partial charge on any atom is 0.291 e. The summed E-state index contributed by atoms with van der Waals surface area (Å²) < 4.78 is 6.04. The maximum absolute atomic E-state index is 13.1. The number of morpholine rings is 1. The number of aromatic amines is 1. The number of amides is 2. The molecule has 2 amide bonds. The summed E-state index contributed by atoms with van der Waals surface area (Å²) in [6, 6.07) is 12.2. The van der Waals surface area contributed by atoms with E-state index in [4.69, 9.17) is 4.74 Å². The zero-order valence-electron chi connectivity index (χ0n) is 16.9. The van der Waals surface area contributed by atoms with Crippen molar-refractivity contribution in [3.8, 4) is 10.4 Å². The number of rotatable bonds is 7. The molecule has 0 radical (unpaired) electrons. The van der Waals surface area contributed by atoms with Gasteiger partial charge in [-0.05, 0) is 22.6 Å². The van der Waals surface area contributed by atoms with Crippen LogP contribution in [0.5, 0.6) is 0 Å². The van der Waals surface area contributed by atoms with Crippen LogP contribution < -0.4 is 5.32 Å². The second kappa shape index (κ2) is 9.23. The topological polar surface area (TPSA) is 100 Å². The molecule has 1 atom stereocenters. The lowest BCUT2D eigenvalue weighted by Gasteiger charge is -2.41. The summed E-state index contributed by atoms with van der Waals surface area (Å²) in [5.41, 5.74) is 0.861. The van der Waals surface area contributed by atoms with Crippen LogP contribution in [-0.2, 0) is 16.0 Å². The molecule has 3 aromatic rings. The molecule has 9 heteroatoms. The van der Waals surface area contributed by atoms with Crippen molar-refractivity contribution in [1.29, 1.82) is 0 Å². The molecule has 0 bridgehead atoms. The van der Waals surface area contributed by atoms with Crippen molar-refractivity contribution in [2.75, 3.05) is 26.2 Å². The van der Waals surface area contributed by atoms with Crippen molar-refractivity contribution in [1.82, 2.24) is 25.4 Å². The van der Waals surface area contributed by atoms with Crippen molar-refractivity contribution < 1.29 is 14.3 Å². The van der Waals surface area contributed by atoms with E-state index in [9.17, 15) is 9.59 Å². The standard InChI is InChI=1S/C22H23N5O3S/c1-2-9-23-21(29)22(13-16-5-7-17(8-6-16)18-4-3-12-31-18)14-27(10-11-30-22)20(28)19-24-15-25-26-19/h2-8,12,15H,1,9-11,13-14H2,(H,23,29)(H,24,25,26)/t22-/m0/s1. The minimum Gasteiger partial charge on any atom is -0.361 e. The van der Waals surface area contributed by atoms with Crippen LogP contribution in [0.2, 0.25) is 0 Å². The highest BCUT2D eigenvalue weighted by atomic mass is 32.1. The van der Waals surface area contributed by atoms with Crippen molar-refractivity contribution in [3.05, 3.63) is 72.1 Å². The fraction of sp³-hybridized carbons (Fsp3) is 0.273. The Hall–Kier alpha value is -3.30. The molecule has 1 fully saturated rings. The number of hydrogen-bond donors (Lipinski definition) is 2. The number of thiophene rings is 1. The van der Waals surface area contributed by atoms with Gasteiger partial charge in [-0.15, -0.1) is 17.9 Å². The Morgan fingerprint density at radius 2 is 2.16 bits per heavy atom. The molecule has 4 rings (SSSR count). The van der Waals surface area contributed by atoms with E-state index in [-0.39, 0.29) is 30.8 Å². The number of benzene rings is 1. The molecule has 31 heavy (non-hydrogen) atoms. The van der Waals surface area contributed by atoms with E-state index in [1.54, 1.807) is 22.3 Å². The number of carbonyl (C=O) groups is 2. The van der Waals surface area contributed by atoms with E-state index >= 15 is 0 Å². The first-order chi connectivity index (χ1) is 15.1. The fourth-order valence-electron chi connectivity index (χ4n) is 3.63. The van der Waals surface area contributed by atoms with Crippen LogP contribution in [0.15, 0.2) is 60.8 Å². The van der Waals surface area contributed by atoms with Gasteiger partial charge < -0.3 is 15.0 Å². The number of carbonyl (C=O) groups excluding carboxylic acids is 2. The summed E-state index contributed by atoms with van der Waals surface area (Å²) in [5, 5.41) is 11.2. The van der Waals surface area contributed by atoms with Crippen LogP contribution in [0.3, 0.4) is 0 Å². The van der Waals surface area contributed by atoms with Crippen molar-refractivity contribution >= 4 is 23.2 Å². The summed E-state index contributed by atoms with van der Waals surface area (Å²) in [5.74, 6) is -0.442. The summed E-state index contributed by atoms with van der Waals surface area (Å²) >= 11 is 1.68. The molecular formula is C22H23N5O3S. The molecule has 0 unspecified atom stereocenters. The number of aromatic nitrogens is 3. The SMILES string of the molecule is C=CCNC(=O)[C@]1(Cc2ccc(-c3cccs3)cc2)CN(C(=O)c2ncn[nH]2)CCO1. The number of hydrogen-bond acceptors (Lipinski definition) is 6. The highest BCUT2D eigenvalue weighted by molar-refractivity contribution is 7.13. The average Bonchev–Trinajstić information content (AvgIpc) is 3.52. The Balaban J connectivity index is 1.58. The molecular weight excluding hydrogens is 414 g/mol. The van der Waals surface area contributed by atoms with Gasteiger partial charge in [-0.25, -0.2) is 4.98 Å². The summed E-state index contributed by atoms with van der Waals surface area (Å²) in [6.07, 6.45) is 3.23. The van der Waals surface area contributed by atoms with Crippen molar-refractivity contribution in [3.63, 3.8) is 0 Å². The summed E-state index contributed by atoms with van der Waals surface area (Å²) in [6.45, 7) is 4.70. The van der Waals surface area contributed by atoms with E-state index in [1.807, 2.05) is 35.7 Å². The lowest BCUT2D eigenvalue weighted by molar-refractivity contribution is -0.157. The second-order valence-electron chi connectivity index (χ2n) is 7.25. The highest BCUT2D eigenvalue weighted by Crippen LogP contribution is 2.28. The quantitative estimate of drug-likeness (QED) is 0.553. The number of nitrogens with one attached hydrogen (secondary N) is 2. The lowest BCUT2D eigenvalue weighted by atomic mass is 9.90. The van der Waals surface area contributed by atoms with Crippen LogP contribution in [0.25, 0.3) is 10.4 Å². The molecule has 8 nitrogen and oxygen atoms in total. The van der Waals surface area contributed by atoms with Gasteiger partial charge in [0.2, 0.25) is 5.82 Å².